The van der Waals surface area contributed by atoms with E-state index >= 15 is 0 Å². The quantitative estimate of drug-likeness (QED) is 0.485. The van der Waals surface area contributed by atoms with Crippen LogP contribution >= 0.6 is 27.3 Å². The third-order valence-corrected chi connectivity index (χ3v) is 5.53. The van der Waals surface area contributed by atoms with Crippen molar-refractivity contribution in [3.05, 3.63) is 51.8 Å². The molecule has 2 aromatic carbocycles. The van der Waals surface area contributed by atoms with Crippen LogP contribution in [-0.2, 0) is 11.2 Å². The van der Waals surface area contributed by atoms with Crippen LogP contribution in [0.5, 0.6) is 17.2 Å². The molecule has 0 aliphatic heterocycles. The van der Waals surface area contributed by atoms with Gasteiger partial charge in [0.15, 0.2) is 16.6 Å². The van der Waals surface area contributed by atoms with Crippen LogP contribution in [0, 0.1) is 0 Å². The third kappa shape index (κ3) is 5.07. The van der Waals surface area contributed by atoms with E-state index in [0.717, 1.165) is 21.3 Å². The van der Waals surface area contributed by atoms with Crippen LogP contribution in [0.15, 0.2) is 46.3 Å². The number of aromatic nitrogens is 1. The molecule has 0 unspecified atom stereocenters. The van der Waals surface area contributed by atoms with Crippen LogP contribution in [0.1, 0.15) is 12.0 Å². The average Bonchev–Trinajstić information content (AvgIpc) is 3.19. The second-order valence-corrected chi connectivity index (χ2v) is 7.86. The number of nitrogens with one attached hydrogen (secondary N) is 1. The first-order chi connectivity index (χ1) is 14.0. The molecule has 0 aliphatic carbocycles. The highest BCUT2D eigenvalue weighted by Gasteiger charge is 2.17. The Hall–Kier alpha value is -2.58. The molecule has 8 heteroatoms. The van der Waals surface area contributed by atoms with Gasteiger partial charge >= 0.3 is 0 Å². The number of thiazole rings is 1. The Balaban J connectivity index is 1.65. The zero-order valence-electron chi connectivity index (χ0n) is 16.3. The van der Waals surface area contributed by atoms with E-state index in [9.17, 15) is 4.79 Å². The van der Waals surface area contributed by atoms with Crippen molar-refractivity contribution in [2.75, 3.05) is 26.6 Å². The molecule has 1 aromatic heterocycles. The van der Waals surface area contributed by atoms with Gasteiger partial charge in [-0.25, -0.2) is 4.98 Å². The lowest BCUT2D eigenvalue weighted by Gasteiger charge is -2.15. The van der Waals surface area contributed by atoms with Crippen molar-refractivity contribution < 1.29 is 19.0 Å². The van der Waals surface area contributed by atoms with Crippen LogP contribution in [0.4, 0.5) is 5.13 Å². The average molecular weight is 477 g/mol. The van der Waals surface area contributed by atoms with E-state index in [4.69, 9.17) is 14.2 Å². The summed E-state index contributed by atoms with van der Waals surface area (Å²) in [5.41, 5.74) is 2.69. The number of aryl methyl sites for hydroxylation is 1. The highest BCUT2D eigenvalue weighted by atomic mass is 79.9. The number of hydrogen-bond donors (Lipinski definition) is 1. The second kappa shape index (κ2) is 9.76. The molecule has 0 saturated heterocycles. The summed E-state index contributed by atoms with van der Waals surface area (Å²) in [4.78, 5) is 16.9. The molecule has 0 radical (unpaired) electrons. The molecule has 0 fully saturated rings. The molecule has 0 aliphatic rings. The first kappa shape index (κ1) is 21.1. The minimum Gasteiger partial charge on any atom is -0.493 e. The maximum absolute atomic E-state index is 12.4. The van der Waals surface area contributed by atoms with Gasteiger partial charge in [0.2, 0.25) is 11.7 Å². The molecule has 0 saturated carbocycles. The smallest absolute Gasteiger partial charge is 0.226 e. The van der Waals surface area contributed by atoms with E-state index in [1.165, 1.54) is 11.3 Å². The number of carbonyl (C=O) groups excluding carboxylic acids is 1. The number of rotatable bonds is 8. The summed E-state index contributed by atoms with van der Waals surface area (Å²) in [6.07, 6.45) is 0.789. The van der Waals surface area contributed by atoms with Gasteiger partial charge < -0.3 is 19.5 Å². The van der Waals surface area contributed by atoms with E-state index in [0.29, 0.717) is 28.8 Å². The van der Waals surface area contributed by atoms with Gasteiger partial charge in [-0.2, -0.15) is 0 Å². The first-order valence-corrected chi connectivity index (χ1v) is 10.5. The first-order valence-electron chi connectivity index (χ1n) is 8.85. The Labute approximate surface area is 182 Å². The molecule has 0 spiro atoms. The van der Waals surface area contributed by atoms with Crippen molar-refractivity contribution in [1.29, 1.82) is 0 Å². The lowest BCUT2D eigenvalue weighted by molar-refractivity contribution is -0.116. The van der Waals surface area contributed by atoms with E-state index in [1.54, 1.807) is 27.4 Å². The van der Waals surface area contributed by atoms with E-state index in [2.05, 4.69) is 26.2 Å². The minimum atomic E-state index is -0.114. The Morgan fingerprint density at radius 2 is 1.90 bits per heavy atom. The van der Waals surface area contributed by atoms with E-state index < -0.39 is 0 Å². The molecular weight excluding hydrogens is 456 g/mol. The van der Waals surface area contributed by atoms with Crippen LogP contribution in [0.3, 0.4) is 0 Å². The Morgan fingerprint density at radius 3 is 2.59 bits per heavy atom. The van der Waals surface area contributed by atoms with Crippen LogP contribution in [0.2, 0.25) is 0 Å². The zero-order chi connectivity index (χ0) is 20.8. The fourth-order valence-electron chi connectivity index (χ4n) is 2.90. The molecule has 0 atom stereocenters. The predicted octanol–water partition coefficient (Wildman–Crippen LogP) is 5.17. The molecule has 1 amide bonds. The molecule has 1 heterocycles. The number of nitrogens with zero attached hydrogens (tertiary/aromatic N) is 1. The number of hydrogen-bond acceptors (Lipinski definition) is 6. The molecule has 152 valence electrons. The predicted molar refractivity (Wildman–Crippen MR) is 118 cm³/mol. The van der Waals surface area contributed by atoms with Gasteiger partial charge in [0, 0.05) is 21.8 Å². The number of amides is 1. The van der Waals surface area contributed by atoms with E-state index in [-0.39, 0.29) is 12.3 Å². The Kier molecular flexibility index (Phi) is 7.11. The van der Waals surface area contributed by atoms with Gasteiger partial charge in [0.1, 0.15) is 0 Å². The van der Waals surface area contributed by atoms with Crippen molar-refractivity contribution in [3.63, 3.8) is 0 Å². The van der Waals surface area contributed by atoms with Gasteiger partial charge in [-0.15, -0.1) is 11.3 Å². The van der Waals surface area contributed by atoms with Gasteiger partial charge in [-0.05, 0) is 30.2 Å². The fraction of sp³-hybridized carbons (Fsp3) is 0.238. The maximum atomic E-state index is 12.4. The van der Waals surface area contributed by atoms with Crippen molar-refractivity contribution in [2.45, 2.75) is 12.8 Å². The zero-order valence-corrected chi connectivity index (χ0v) is 18.7. The number of carbonyl (C=O) groups is 1. The maximum Gasteiger partial charge on any atom is 0.226 e. The summed E-state index contributed by atoms with van der Waals surface area (Å²) in [6, 6.07) is 11.6. The summed E-state index contributed by atoms with van der Waals surface area (Å²) in [5, 5.41) is 5.36. The number of halogens is 1. The topological polar surface area (TPSA) is 69.7 Å². The van der Waals surface area contributed by atoms with Gasteiger partial charge in [-0.3, -0.25) is 4.79 Å². The summed E-state index contributed by atoms with van der Waals surface area (Å²) < 4.78 is 17.1. The van der Waals surface area contributed by atoms with Crippen LogP contribution in [0.25, 0.3) is 11.3 Å². The SMILES string of the molecule is COc1ccc(CCC(=O)Nc2nc(-c3cccc(Br)c3)cs2)c(OC)c1OC. The summed E-state index contributed by atoms with van der Waals surface area (Å²) >= 11 is 4.86. The molecule has 0 bridgehead atoms. The van der Waals surface area contributed by atoms with Crippen molar-refractivity contribution >= 4 is 38.3 Å². The van der Waals surface area contributed by atoms with E-state index in [1.807, 2.05) is 35.7 Å². The van der Waals surface area contributed by atoms with Crippen molar-refractivity contribution in [2.24, 2.45) is 0 Å². The lowest BCUT2D eigenvalue weighted by atomic mass is 10.1. The molecule has 29 heavy (non-hydrogen) atoms. The largest absolute Gasteiger partial charge is 0.493 e. The highest BCUT2D eigenvalue weighted by Crippen LogP contribution is 2.40. The molecular formula is C21H21BrN2O4S. The Bertz CT molecular complexity index is 1010. The van der Waals surface area contributed by atoms with Gasteiger partial charge in [0.25, 0.3) is 0 Å². The molecule has 3 aromatic rings. The summed E-state index contributed by atoms with van der Waals surface area (Å²) in [6.45, 7) is 0. The fourth-order valence-corrected chi connectivity index (χ4v) is 4.04. The van der Waals surface area contributed by atoms with Crippen molar-refractivity contribution in [1.82, 2.24) is 4.98 Å². The molecule has 3 rings (SSSR count). The lowest BCUT2D eigenvalue weighted by Crippen LogP contribution is -2.12. The molecule has 1 N–H and O–H groups in total. The number of benzene rings is 2. The number of ether oxygens (including phenoxy) is 3. The summed E-state index contributed by atoms with van der Waals surface area (Å²) in [5.74, 6) is 1.56. The summed E-state index contributed by atoms with van der Waals surface area (Å²) in [7, 11) is 4.70. The van der Waals surface area contributed by atoms with Crippen LogP contribution < -0.4 is 19.5 Å². The Morgan fingerprint density at radius 1 is 1.10 bits per heavy atom. The monoisotopic (exact) mass is 476 g/mol. The second-order valence-electron chi connectivity index (χ2n) is 6.09. The number of methoxy groups -OCH3 is 3. The number of anilines is 1. The minimum absolute atomic E-state index is 0.114. The van der Waals surface area contributed by atoms with Gasteiger partial charge in [-0.1, -0.05) is 34.1 Å². The highest BCUT2D eigenvalue weighted by molar-refractivity contribution is 9.10. The van der Waals surface area contributed by atoms with Crippen molar-refractivity contribution in [3.8, 4) is 28.5 Å². The normalized spacial score (nSPS) is 10.5. The van der Waals surface area contributed by atoms with Gasteiger partial charge in [0.05, 0.1) is 27.0 Å². The van der Waals surface area contributed by atoms with Crippen LogP contribution in [-0.4, -0.2) is 32.2 Å². The molecule has 6 nitrogen and oxygen atoms in total. The standard InChI is InChI=1S/C21H21BrN2O4S/c1-26-17-9-7-13(19(27-2)20(17)28-3)8-10-18(25)24-21-23-16(12-29-21)14-5-4-6-15(22)11-14/h4-7,9,11-12H,8,10H2,1-3H3,(H,23,24,25). The third-order valence-electron chi connectivity index (χ3n) is 4.28.